The number of hydrogen-bond acceptors (Lipinski definition) is 6. The molecule has 2 heterocycles. The summed E-state index contributed by atoms with van der Waals surface area (Å²) in [4.78, 5) is 12.1. The molecule has 7 heteroatoms. The highest BCUT2D eigenvalue weighted by atomic mass is 32.1. The third-order valence-electron chi connectivity index (χ3n) is 3.41. The number of anilines is 1. The summed E-state index contributed by atoms with van der Waals surface area (Å²) in [5.74, 6) is 0.374. The maximum atomic E-state index is 12.1. The second-order valence-corrected chi connectivity index (χ2v) is 6.61. The Morgan fingerprint density at radius 2 is 2.17 bits per heavy atom. The van der Waals surface area contributed by atoms with Crippen LogP contribution in [0.3, 0.4) is 0 Å². The zero-order valence-electron chi connectivity index (χ0n) is 13.6. The van der Waals surface area contributed by atoms with Gasteiger partial charge in [0.25, 0.3) is 5.91 Å². The number of nitrogens with zero attached hydrogens (tertiary/aromatic N) is 3. The number of rotatable bonds is 6. The topological polar surface area (TPSA) is 80.9 Å². The van der Waals surface area contributed by atoms with E-state index in [0.29, 0.717) is 17.3 Å². The molecule has 0 aliphatic heterocycles. The number of aromatic nitrogens is 3. The molecule has 0 saturated carbocycles. The van der Waals surface area contributed by atoms with Crippen LogP contribution in [0.25, 0.3) is 0 Å². The van der Waals surface area contributed by atoms with Crippen LogP contribution >= 0.6 is 11.3 Å². The third kappa shape index (κ3) is 4.05. The molecule has 0 unspecified atom stereocenters. The standard InChI is InChI=1S/C17H18N4O2S/c1-3-5-13-10-14(21-23-13)16(22)18-17-20-19-15(24-17)9-12-7-4-6-11(2)8-12/h4,6-8,10H,3,5,9H2,1-2H3,(H,18,20,22). The highest BCUT2D eigenvalue weighted by Crippen LogP contribution is 2.20. The Kier molecular flexibility index (Phi) is 5.00. The number of nitrogens with one attached hydrogen (secondary N) is 1. The second-order valence-electron chi connectivity index (χ2n) is 5.55. The molecule has 1 N–H and O–H groups in total. The van der Waals surface area contributed by atoms with Gasteiger partial charge in [-0.2, -0.15) is 0 Å². The molecule has 6 nitrogen and oxygen atoms in total. The van der Waals surface area contributed by atoms with Gasteiger partial charge in [0.1, 0.15) is 10.8 Å². The van der Waals surface area contributed by atoms with E-state index in [2.05, 4.69) is 45.8 Å². The van der Waals surface area contributed by atoms with E-state index >= 15 is 0 Å². The summed E-state index contributed by atoms with van der Waals surface area (Å²) in [7, 11) is 0. The summed E-state index contributed by atoms with van der Waals surface area (Å²) < 4.78 is 5.12. The summed E-state index contributed by atoms with van der Waals surface area (Å²) in [6.45, 7) is 4.10. The van der Waals surface area contributed by atoms with E-state index < -0.39 is 0 Å². The first kappa shape index (κ1) is 16.3. The van der Waals surface area contributed by atoms with E-state index in [1.165, 1.54) is 22.5 Å². The molecule has 0 atom stereocenters. The van der Waals surface area contributed by atoms with Gasteiger partial charge in [0.05, 0.1) is 0 Å². The van der Waals surface area contributed by atoms with Crippen molar-refractivity contribution in [1.82, 2.24) is 15.4 Å². The van der Waals surface area contributed by atoms with Gasteiger partial charge < -0.3 is 4.52 Å². The fraction of sp³-hybridized carbons (Fsp3) is 0.294. The molecule has 0 aliphatic carbocycles. The van der Waals surface area contributed by atoms with E-state index in [0.717, 1.165) is 17.8 Å². The van der Waals surface area contributed by atoms with Crippen molar-refractivity contribution in [3.8, 4) is 0 Å². The van der Waals surface area contributed by atoms with Gasteiger partial charge in [-0.3, -0.25) is 10.1 Å². The SMILES string of the molecule is CCCc1cc(C(=O)Nc2nnc(Cc3cccc(C)c3)s2)no1. The Bertz CT molecular complexity index is 840. The summed E-state index contributed by atoms with van der Waals surface area (Å²) in [5.41, 5.74) is 2.64. The predicted octanol–water partition coefficient (Wildman–Crippen LogP) is 3.63. The lowest BCUT2D eigenvalue weighted by Gasteiger charge is -1.98. The monoisotopic (exact) mass is 342 g/mol. The first-order valence-electron chi connectivity index (χ1n) is 7.79. The smallest absolute Gasteiger partial charge is 0.279 e. The van der Waals surface area contributed by atoms with Gasteiger partial charge in [0.15, 0.2) is 5.69 Å². The van der Waals surface area contributed by atoms with Crippen molar-refractivity contribution in [2.45, 2.75) is 33.1 Å². The number of aryl methyl sites for hydroxylation is 2. The molecule has 0 radical (unpaired) electrons. The fourth-order valence-corrected chi connectivity index (χ4v) is 3.09. The van der Waals surface area contributed by atoms with Gasteiger partial charge in [-0.05, 0) is 18.9 Å². The number of carbonyl (C=O) groups excluding carboxylic acids is 1. The molecule has 3 aromatic rings. The molecule has 124 valence electrons. The minimum absolute atomic E-state index is 0.258. The fourth-order valence-electron chi connectivity index (χ4n) is 2.32. The summed E-state index contributed by atoms with van der Waals surface area (Å²) in [5, 5.41) is 16.0. The lowest BCUT2D eigenvalue weighted by atomic mass is 10.1. The third-order valence-corrected chi connectivity index (χ3v) is 4.25. The average molecular weight is 342 g/mol. The summed E-state index contributed by atoms with van der Waals surface area (Å²) in [6.07, 6.45) is 2.40. The first-order chi connectivity index (χ1) is 11.6. The summed E-state index contributed by atoms with van der Waals surface area (Å²) >= 11 is 1.36. The molecular formula is C17H18N4O2S. The molecule has 1 aromatic carbocycles. The Hall–Kier alpha value is -2.54. The Morgan fingerprint density at radius 3 is 2.96 bits per heavy atom. The molecule has 2 aromatic heterocycles. The minimum atomic E-state index is -0.334. The maximum Gasteiger partial charge on any atom is 0.279 e. The van der Waals surface area contributed by atoms with Gasteiger partial charge in [0, 0.05) is 18.9 Å². The molecule has 3 rings (SSSR count). The van der Waals surface area contributed by atoms with E-state index in [1.54, 1.807) is 6.07 Å². The molecule has 0 spiro atoms. The highest BCUT2D eigenvalue weighted by molar-refractivity contribution is 7.15. The Labute approximate surface area is 143 Å². The molecule has 0 saturated heterocycles. The van der Waals surface area contributed by atoms with Crippen LogP contribution in [0, 0.1) is 6.92 Å². The Morgan fingerprint density at radius 1 is 1.29 bits per heavy atom. The quantitative estimate of drug-likeness (QED) is 0.740. The molecule has 0 bridgehead atoms. The number of hydrogen-bond donors (Lipinski definition) is 1. The lowest BCUT2D eigenvalue weighted by molar-refractivity contribution is 0.101. The van der Waals surface area contributed by atoms with Gasteiger partial charge in [-0.1, -0.05) is 53.2 Å². The number of amides is 1. The van der Waals surface area contributed by atoms with Crippen LogP contribution in [-0.4, -0.2) is 21.3 Å². The van der Waals surface area contributed by atoms with Crippen LogP contribution in [0.4, 0.5) is 5.13 Å². The first-order valence-corrected chi connectivity index (χ1v) is 8.60. The van der Waals surface area contributed by atoms with E-state index in [4.69, 9.17) is 4.52 Å². The molecule has 0 aliphatic rings. The predicted molar refractivity (Wildman–Crippen MR) is 92.3 cm³/mol. The van der Waals surface area contributed by atoms with Crippen molar-refractivity contribution in [2.75, 3.05) is 5.32 Å². The van der Waals surface area contributed by atoms with Gasteiger partial charge in [0.2, 0.25) is 5.13 Å². The number of carbonyl (C=O) groups is 1. The van der Waals surface area contributed by atoms with Crippen molar-refractivity contribution in [1.29, 1.82) is 0 Å². The molecule has 0 fully saturated rings. The average Bonchev–Trinajstić information content (AvgIpc) is 3.17. The van der Waals surface area contributed by atoms with Crippen LogP contribution in [0.1, 0.15) is 45.7 Å². The van der Waals surface area contributed by atoms with Crippen LogP contribution in [0.15, 0.2) is 34.9 Å². The second kappa shape index (κ2) is 7.35. The maximum absolute atomic E-state index is 12.1. The van der Waals surface area contributed by atoms with Crippen LogP contribution < -0.4 is 5.32 Å². The van der Waals surface area contributed by atoms with Crippen LogP contribution in [0.5, 0.6) is 0 Å². The molecular weight excluding hydrogens is 324 g/mol. The van der Waals surface area contributed by atoms with E-state index in [1.807, 2.05) is 13.0 Å². The van der Waals surface area contributed by atoms with E-state index in [-0.39, 0.29) is 11.6 Å². The van der Waals surface area contributed by atoms with E-state index in [9.17, 15) is 4.79 Å². The van der Waals surface area contributed by atoms with Crippen LogP contribution in [0.2, 0.25) is 0 Å². The highest BCUT2D eigenvalue weighted by Gasteiger charge is 2.15. The van der Waals surface area contributed by atoms with Crippen molar-refractivity contribution < 1.29 is 9.32 Å². The van der Waals surface area contributed by atoms with Gasteiger partial charge >= 0.3 is 0 Å². The summed E-state index contributed by atoms with van der Waals surface area (Å²) in [6, 6.07) is 9.90. The van der Waals surface area contributed by atoms with Crippen molar-refractivity contribution in [3.63, 3.8) is 0 Å². The normalized spacial score (nSPS) is 10.8. The zero-order valence-corrected chi connectivity index (χ0v) is 14.4. The van der Waals surface area contributed by atoms with Crippen molar-refractivity contribution >= 4 is 22.4 Å². The molecule has 24 heavy (non-hydrogen) atoms. The largest absolute Gasteiger partial charge is 0.361 e. The van der Waals surface area contributed by atoms with Gasteiger partial charge in [-0.15, -0.1) is 10.2 Å². The minimum Gasteiger partial charge on any atom is -0.361 e. The van der Waals surface area contributed by atoms with Gasteiger partial charge in [-0.25, -0.2) is 0 Å². The molecule has 1 amide bonds. The Balaban J connectivity index is 1.63. The van der Waals surface area contributed by atoms with Crippen molar-refractivity contribution in [2.24, 2.45) is 0 Å². The zero-order chi connectivity index (χ0) is 16.9. The lowest BCUT2D eigenvalue weighted by Crippen LogP contribution is -2.11. The number of benzene rings is 1. The van der Waals surface area contributed by atoms with Crippen molar-refractivity contribution in [3.05, 3.63) is 57.9 Å². The van der Waals surface area contributed by atoms with Crippen LogP contribution in [-0.2, 0) is 12.8 Å².